The number of benzene rings is 2. The smallest absolute Gasteiger partial charge is 0.254 e. The van der Waals surface area contributed by atoms with Crippen LogP contribution in [0.3, 0.4) is 0 Å². The lowest BCUT2D eigenvalue weighted by Crippen LogP contribution is -2.50. The standard InChI is InChI=1S/C20H23N3O3.ClH/c1-14-3-6-16(21)13-18(14)20(25)23-11-9-22(10-12-23)19(24)15-4-7-17(26-2)8-5-15;/h3-8,13H,9-12,21H2,1-2H3;1H. The molecule has 0 atom stereocenters. The van der Waals surface area contributed by atoms with Crippen LogP contribution in [0.15, 0.2) is 42.5 Å². The number of amides is 2. The van der Waals surface area contributed by atoms with Crippen molar-refractivity contribution in [3.63, 3.8) is 0 Å². The Morgan fingerprint density at radius 1 is 0.926 bits per heavy atom. The summed E-state index contributed by atoms with van der Waals surface area (Å²) in [4.78, 5) is 28.9. The van der Waals surface area contributed by atoms with E-state index < -0.39 is 0 Å². The summed E-state index contributed by atoms with van der Waals surface area (Å²) in [5.41, 5.74) is 8.54. The van der Waals surface area contributed by atoms with Gasteiger partial charge in [0.25, 0.3) is 11.8 Å². The molecular formula is C20H24ClN3O3. The molecule has 3 rings (SSSR count). The Bertz CT molecular complexity index is 816. The van der Waals surface area contributed by atoms with Crippen LogP contribution in [0.4, 0.5) is 5.69 Å². The highest BCUT2D eigenvalue weighted by Gasteiger charge is 2.26. The highest BCUT2D eigenvalue weighted by molar-refractivity contribution is 5.97. The fourth-order valence-corrected chi connectivity index (χ4v) is 3.07. The summed E-state index contributed by atoms with van der Waals surface area (Å²) in [7, 11) is 1.59. The van der Waals surface area contributed by atoms with Gasteiger partial charge in [-0.25, -0.2) is 0 Å². The van der Waals surface area contributed by atoms with E-state index in [1.165, 1.54) is 0 Å². The molecule has 1 aliphatic rings. The third-order valence-electron chi connectivity index (χ3n) is 4.68. The first-order valence-corrected chi connectivity index (χ1v) is 8.58. The van der Waals surface area contributed by atoms with Gasteiger partial charge < -0.3 is 20.3 Å². The Kier molecular flexibility index (Phi) is 6.69. The molecule has 0 aromatic heterocycles. The van der Waals surface area contributed by atoms with Gasteiger partial charge >= 0.3 is 0 Å². The Balaban J connectivity index is 0.00000261. The third kappa shape index (κ3) is 4.52. The molecule has 2 amide bonds. The van der Waals surface area contributed by atoms with Crippen LogP contribution in [-0.2, 0) is 0 Å². The van der Waals surface area contributed by atoms with Crippen molar-refractivity contribution in [2.24, 2.45) is 0 Å². The molecule has 2 aromatic carbocycles. The maximum Gasteiger partial charge on any atom is 0.254 e. The maximum atomic E-state index is 12.7. The van der Waals surface area contributed by atoms with Crippen LogP contribution in [0.1, 0.15) is 26.3 Å². The van der Waals surface area contributed by atoms with E-state index in [-0.39, 0.29) is 24.2 Å². The number of carbonyl (C=O) groups excluding carboxylic acids is 2. The molecule has 0 spiro atoms. The summed E-state index contributed by atoms with van der Waals surface area (Å²) < 4.78 is 5.12. The Morgan fingerprint density at radius 3 is 2.04 bits per heavy atom. The summed E-state index contributed by atoms with van der Waals surface area (Å²) >= 11 is 0. The Labute approximate surface area is 165 Å². The molecule has 1 heterocycles. The lowest BCUT2D eigenvalue weighted by atomic mass is 10.1. The minimum Gasteiger partial charge on any atom is -0.497 e. The molecule has 0 saturated carbocycles. The first kappa shape index (κ1) is 20.6. The summed E-state index contributed by atoms with van der Waals surface area (Å²) in [5, 5.41) is 0. The molecule has 1 saturated heterocycles. The van der Waals surface area contributed by atoms with Crippen molar-refractivity contribution in [1.29, 1.82) is 0 Å². The monoisotopic (exact) mass is 389 g/mol. The number of methoxy groups -OCH3 is 1. The zero-order valence-corrected chi connectivity index (χ0v) is 16.3. The van der Waals surface area contributed by atoms with Crippen LogP contribution in [0, 0.1) is 6.92 Å². The van der Waals surface area contributed by atoms with E-state index in [0.717, 1.165) is 11.3 Å². The largest absolute Gasteiger partial charge is 0.497 e. The second kappa shape index (κ2) is 8.77. The molecule has 0 radical (unpaired) electrons. The SMILES string of the molecule is COc1ccc(C(=O)N2CCN(C(=O)c3cc(N)ccc3C)CC2)cc1.Cl. The van der Waals surface area contributed by atoms with Crippen molar-refractivity contribution >= 4 is 29.9 Å². The number of rotatable bonds is 3. The Hall–Kier alpha value is -2.73. The number of nitrogen functional groups attached to an aromatic ring is 1. The van der Waals surface area contributed by atoms with Crippen LogP contribution in [0.2, 0.25) is 0 Å². The summed E-state index contributed by atoms with van der Waals surface area (Å²) in [6, 6.07) is 12.4. The fraction of sp³-hybridized carbons (Fsp3) is 0.300. The van der Waals surface area contributed by atoms with Crippen molar-refractivity contribution in [2.45, 2.75) is 6.92 Å². The average Bonchev–Trinajstić information content (AvgIpc) is 2.69. The number of anilines is 1. The van der Waals surface area contributed by atoms with Gasteiger partial charge in [0.05, 0.1) is 7.11 Å². The van der Waals surface area contributed by atoms with Crippen molar-refractivity contribution in [3.05, 3.63) is 59.2 Å². The number of nitrogens with two attached hydrogens (primary N) is 1. The van der Waals surface area contributed by atoms with Crippen LogP contribution < -0.4 is 10.5 Å². The van der Waals surface area contributed by atoms with Crippen LogP contribution >= 0.6 is 12.4 Å². The van der Waals surface area contributed by atoms with Crippen LogP contribution in [-0.4, -0.2) is 54.9 Å². The minimum atomic E-state index is -0.0358. The number of carbonyl (C=O) groups is 2. The van der Waals surface area contributed by atoms with Gasteiger partial charge in [-0.15, -0.1) is 12.4 Å². The van der Waals surface area contributed by atoms with Crippen molar-refractivity contribution in [2.75, 3.05) is 39.0 Å². The second-order valence-corrected chi connectivity index (χ2v) is 6.39. The zero-order chi connectivity index (χ0) is 18.7. The van der Waals surface area contributed by atoms with E-state index >= 15 is 0 Å². The lowest BCUT2D eigenvalue weighted by Gasteiger charge is -2.35. The van der Waals surface area contributed by atoms with Crippen LogP contribution in [0.25, 0.3) is 0 Å². The Morgan fingerprint density at radius 2 is 1.48 bits per heavy atom. The molecule has 7 heteroatoms. The molecule has 1 fully saturated rings. The van der Waals surface area contributed by atoms with Gasteiger partial charge in [-0.2, -0.15) is 0 Å². The van der Waals surface area contributed by atoms with E-state index in [1.807, 2.05) is 13.0 Å². The molecule has 0 bridgehead atoms. The van der Waals surface area contributed by atoms with Gasteiger partial charge in [-0.05, 0) is 48.9 Å². The van der Waals surface area contributed by atoms with Crippen molar-refractivity contribution in [1.82, 2.24) is 9.80 Å². The number of piperazine rings is 1. The summed E-state index contributed by atoms with van der Waals surface area (Å²) in [5.74, 6) is 0.653. The molecular weight excluding hydrogens is 366 g/mol. The van der Waals surface area contributed by atoms with Gasteiger partial charge in [0.15, 0.2) is 0 Å². The number of halogens is 1. The normalized spacial score (nSPS) is 13.7. The average molecular weight is 390 g/mol. The van der Waals surface area contributed by atoms with Gasteiger partial charge in [-0.1, -0.05) is 6.07 Å². The molecule has 0 unspecified atom stereocenters. The van der Waals surface area contributed by atoms with Gasteiger partial charge in [0.2, 0.25) is 0 Å². The van der Waals surface area contributed by atoms with Crippen molar-refractivity contribution in [3.8, 4) is 5.75 Å². The first-order chi connectivity index (χ1) is 12.5. The zero-order valence-electron chi connectivity index (χ0n) is 15.5. The van der Waals surface area contributed by atoms with E-state index in [9.17, 15) is 9.59 Å². The van der Waals surface area contributed by atoms with E-state index in [2.05, 4.69) is 0 Å². The summed E-state index contributed by atoms with van der Waals surface area (Å²) in [6.45, 7) is 3.94. The molecule has 6 nitrogen and oxygen atoms in total. The van der Waals surface area contributed by atoms with Gasteiger partial charge in [0, 0.05) is 43.0 Å². The molecule has 2 N–H and O–H groups in total. The van der Waals surface area contributed by atoms with E-state index in [4.69, 9.17) is 10.5 Å². The molecule has 2 aromatic rings. The van der Waals surface area contributed by atoms with E-state index in [1.54, 1.807) is 53.3 Å². The molecule has 1 aliphatic heterocycles. The predicted molar refractivity (Wildman–Crippen MR) is 108 cm³/mol. The van der Waals surface area contributed by atoms with Gasteiger partial charge in [0.1, 0.15) is 5.75 Å². The minimum absolute atomic E-state index is 0. The first-order valence-electron chi connectivity index (χ1n) is 8.58. The maximum absolute atomic E-state index is 12.7. The quantitative estimate of drug-likeness (QED) is 0.819. The second-order valence-electron chi connectivity index (χ2n) is 6.39. The summed E-state index contributed by atoms with van der Waals surface area (Å²) in [6.07, 6.45) is 0. The highest BCUT2D eigenvalue weighted by Crippen LogP contribution is 2.18. The predicted octanol–water partition coefficient (Wildman–Crippen LogP) is 2.61. The number of hydrogen-bond acceptors (Lipinski definition) is 4. The van der Waals surface area contributed by atoms with Crippen molar-refractivity contribution < 1.29 is 14.3 Å². The molecule has 144 valence electrons. The third-order valence-corrected chi connectivity index (χ3v) is 4.68. The number of hydrogen-bond donors (Lipinski definition) is 1. The molecule has 0 aliphatic carbocycles. The fourth-order valence-electron chi connectivity index (χ4n) is 3.07. The van der Waals surface area contributed by atoms with E-state index in [0.29, 0.717) is 43.0 Å². The number of ether oxygens (including phenoxy) is 1. The van der Waals surface area contributed by atoms with Gasteiger partial charge in [-0.3, -0.25) is 9.59 Å². The molecule has 27 heavy (non-hydrogen) atoms. The lowest BCUT2D eigenvalue weighted by molar-refractivity contribution is 0.0535. The number of aryl methyl sites for hydroxylation is 1. The highest BCUT2D eigenvalue weighted by atomic mass is 35.5. The van der Waals surface area contributed by atoms with Crippen LogP contribution in [0.5, 0.6) is 5.75 Å². The number of nitrogens with zero attached hydrogens (tertiary/aromatic N) is 2. The topological polar surface area (TPSA) is 75.9 Å².